The van der Waals surface area contributed by atoms with E-state index in [1.165, 1.54) is 24.3 Å². The molecule has 3 aliphatic rings. The predicted molar refractivity (Wildman–Crippen MR) is 168 cm³/mol. The summed E-state index contributed by atoms with van der Waals surface area (Å²) >= 11 is 0. The zero-order chi connectivity index (χ0) is 35.5. The lowest BCUT2D eigenvalue weighted by atomic mass is 9.84. The van der Waals surface area contributed by atoms with Gasteiger partial charge in [-0.25, -0.2) is 14.4 Å². The highest BCUT2D eigenvalue weighted by molar-refractivity contribution is 7.86. The zero-order valence-electron chi connectivity index (χ0n) is 25.1. The number of anilines is 1. The van der Waals surface area contributed by atoms with Gasteiger partial charge in [0.15, 0.2) is 16.2 Å². The van der Waals surface area contributed by atoms with Crippen LogP contribution in [0.2, 0.25) is 0 Å². The second kappa shape index (κ2) is 11.8. The molecule has 0 spiro atoms. The van der Waals surface area contributed by atoms with Crippen molar-refractivity contribution < 1.29 is 65.1 Å². The molecule has 1 aliphatic carbocycles. The lowest BCUT2D eigenvalue weighted by molar-refractivity contribution is -0.182. The molecule has 5 rings (SSSR count). The summed E-state index contributed by atoms with van der Waals surface area (Å²) in [4.78, 5) is 44.9. The maximum atomic E-state index is 13.3. The molecule has 48 heavy (non-hydrogen) atoms. The molecular weight excluding hydrogens is 676 g/mol. The number of fused-ring (bicyclic) bond motifs is 3. The third kappa shape index (κ3) is 6.14. The maximum absolute atomic E-state index is 13.3. The molecule has 0 bridgehead atoms. The van der Waals surface area contributed by atoms with Crippen LogP contribution in [0, 0.1) is 0 Å². The molecule has 0 fully saturated rings. The van der Waals surface area contributed by atoms with Crippen molar-refractivity contribution >= 4 is 60.4 Å². The molecule has 2 aromatic carbocycles. The second-order valence-electron chi connectivity index (χ2n) is 11.3. The number of nitrogens with one attached hydrogen (secondary N) is 1. The Balaban J connectivity index is 2.15. The summed E-state index contributed by atoms with van der Waals surface area (Å²) in [6.45, 7) is 4.79. The normalized spacial score (nSPS) is 14.7. The fraction of sp³-hybridized carbons (Fsp3) is 0.200. The van der Waals surface area contributed by atoms with Crippen molar-refractivity contribution in [3.63, 3.8) is 0 Å². The minimum absolute atomic E-state index is 0.0356. The number of carbonyl (C=O) groups excluding carboxylic acids is 1. The summed E-state index contributed by atoms with van der Waals surface area (Å²) < 4.78 is 76.0. The molecule has 0 aromatic heterocycles. The summed E-state index contributed by atoms with van der Waals surface area (Å²) in [5.74, 6) is -6.11. The Morgan fingerprint density at radius 2 is 1.62 bits per heavy atom. The molecule has 0 saturated heterocycles. The number of hydrogen-bond acceptors (Lipinski definition) is 12. The van der Waals surface area contributed by atoms with Gasteiger partial charge in [-0.3, -0.25) is 19.0 Å². The highest BCUT2D eigenvalue weighted by Crippen LogP contribution is 2.48. The Morgan fingerprint density at radius 1 is 0.958 bits per heavy atom. The highest BCUT2D eigenvalue weighted by Gasteiger charge is 2.36. The van der Waals surface area contributed by atoms with E-state index in [2.05, 4.69) is 15.2 Å². The first-order valence-electron chi connectivity index (χ1n) is 13.8. The SMILES string of the molecule is CCN=c1ccc2c(-c3ccc(C(=O)O)cc3C(=O)O)c3cc4c(c(C(=O)OO)c3oc-2c1S(=O)(=O)O)NC(C)(C)C=C4CS(=O)(=O)O. The maximum Gasteiger partial charge on any atom is 0.378 e. The number of carboxylic acids is 2. The number of nitrogens with zero attached hydrogens (tertiary/aromatic N) is 1. The average molecular weight is 703 g/mol. The molecule has 0 radical (unpaired) electrons. The van der Waals surface area contributed by atoms with Gasteiger partial charge in [0.05, 0.1) is 27.7 Å². The Bertz CT molecular complexity index is 2370. The number of hydrogen-bond donors (Lipinski definition) is 6. The molecule has 0 amide bonds. The third-order valence-corrected chi connectivity index (χ3v) is 9.01. The minimum Gasteiger partial charge on any atom is -0.478 e. The average Bonchev–Trinajstić information content (AvgIpc) is 2.96. The van der Waals surface area contributed by atoms with Gasteiger partial charge in [0.25, 0.3) is 20.2 Å². The Kier molecular flexibility index (Phi) is 8.43. The summed E-state index contributed by atoms with van der Waals surface area (Å²) in [7, 11) is -9.86. The van der Waals surface area contributed by atoms with E-state index in [0.29, 0.717) is 0 Å². The summed E-state index contributed by atoms with van der Waals surface area (Å²) in [5.41, 5.74) is -4.05. The van der Waals surface area contributed by atoms with Crippen LogP contribution < -0.4 is 10.7 Å². The van der Waals surface area contributed by atoms with Crippen LogP contribution in [0.4, 0.5) is 5.69 Å². The molecule has 6 N–H and O–H groups in total. The quantitative estimate of drug-likeness (QED) is 0.0658. The van der Waals surface area contributed by atoms with Gasteiger partial charge in [0.2, 0.25) is 0 Å². The van der Waals surface area contributed by atoms with Crippen LogP contribution >= 0.6 is 0 Å². The molecule has 2 aliphatic heterocycles. The Morgan fingerprint density at radius 3 is 2.19 bits per heavy atom. The predicted octanol–water partition coefficient (Wildman–Crippen LogP) is 3.87. The summed E-state index contributed by atoms with van der Waals surface area (Å²) in [6.07, 6.45) is 1.44. The third-order valence-electron chi connectivity index (χ3n) is 7.42. The van der Waals surface area contributed by atoms with E-state index in [1.54, 1.807) is 20.8 Å². The standard InChI is InChI=1S/C30H26N2O14S2/c1-4-31-20-8-7-16-21(15-6-5-13(27(33)34)9-18(15)28(35)36)19-10-17-14(12-47(39,40)41)11-30(2,3)32-23(17)22(29(37)46-38)24(19)45-25(16)26(20)48(42,43)44/h5-11,32,38H,4,12H2,1-3H3,(H,33,34)(H,35,36)(H,39,40,41)(H,42,43,44). The summed E-state index contributed by atoms with van der Waals surface area (Å²) in [5, 5.41) is 31.9. The zero-order valence-corrected chi connectivity index (χ0v) is 26.8. The topological polar surface area (TPSA) is 267 Å². The van der Waals surface area contributed by atoms with Gasteiger partial charge in [-0.2, -0.15) is 22.1 Å². The van der Waals surface area contributed by atoms with Gasteiger partial charge in [0, 0.05) is 28.6 Å². The largest absolute Gasteiger partial charge is 0.478 e. The van der Waals surface area contributed by atoms with Crippen LogP contribution in [0.5, 0.6) is 0 Å². The van der Waals surface area contributed by atoms with Crippen molar-refractivity contribution in [1.29, 1.82) is 0 Å². The number of carboxylic acid groups (broad SMARTS) is 2. The smallest absolute Gasteiger partial charge is 0.378 e. The minimum atomic E-state index is -5.16. The van der Waals surface area contributed by atoms with Gasteiger partial charge < -0.3 is 19.9 Å². The van der Waals surface area contributed by atoms with Crippen molar-refractivity contribution in [2.45, 2.75) is 31.2 Å². The van der Waals surface area contributed by atoms with Crippen molar-refractivity contribution in [1.82, 2.24) is 0 Å². The van der Waals surface area contributed by atoms with Crippen molar-refractivity contribution in [2.75, 3.05) is 17.6 Å². The molecule has 0 saturated carbocycles. The lowest BCUT2D eigenvalue weighted by Gasteiger charge is -2.33. The number of rotatable bonds is 8. The molecule has 16 nitrogen and oxygen atoms in total. The van der Waals surface area contributed by atoms with Crippen molar-refractivity contribution in [3.8, 4) is 22.5 Å². The van der Waals surface area contributed by atoms with Crippen LogP contribution in [0.1, 0.15) is 57.4 Å². The van der Waals surface area contributed by atoms with Crippen LogP contribution in [-0.2, 0) is 25.1 Å². The first-order chi connectivity index (χ1) is 22.3. The van der Waals surface area contributed by atoms with E-state index in [-0.39, 0.29) is 50.8 Å². The number of aromatic carboxylic acids is 2. The van der Waals surface area contributed by atoms with E-state index >= 15 is 0 Å². The van der Waals surface area contributed by atoms with Crippen molar-refractivity contribution in [3.05, 3.63) is 70.1 Å². The van der Waals surface area contributed by atoms with Gasteiger partial charge >= 0.3 is 17.9 Å². The Hall–Kier alpha value is -5.14. The fourth-order valence-corrected chi connectivity index (χ4v) is 7.19. The lowest BCUT2D eigenvalue weighted by Crippen LogP contribution is -2.34. The van der Waals surface area contributed by atoms with E-state index < -0.39 is 82.4 Å². The first kappa shape index (κ1) is 34.2. The van der Waals surface area contributed by atoms with Gasteiger partial charge in [0.1, 0.15) is 11.3 Å². The number of carbonyl (C=O) groups is 3. The molecule has 0 unspecified atom stereocenters. The van der Waals surface area contributed by atoms with Crippen LogP contribution in [0.25, 0.3) is 39.0 Å². The van der Waals surface area contributed by atoms with E-state index in [0.717, 1.165) is 18.2 Å². The van der Waals surface area contributed by atoms with E-state index in [4.69, 9.17) is 4.42 Å². The van der Waals surface area contributed by atoms with Crippen LogP contribution in [-0.4, -0.2) is 77.2 Å². The van der Waals surface area contributed by atoms with Gasteiger partial charge in [-0.05, 0) is 62.2 Å². The monoisotopic (exact) mass is 702 g/mol. The second-order valence-corrected chi connectivity index (χ2v) is 14.1. The fourth-order valence-electron chi connectivity index (χ4n) is 5.77. The van der Waals surface area contributed by atoms with Gasteiger partial charge in [-0.1, -0.05) is 12.1 Å². The van der Waals surface area contributed by atoms with Crippen molar-refractivity contribution in [2.24, 2.45) is 4.99 Å². The molecule has 2 heterocycles. The molecule has 18 heteroatoms. The van der Waals surface area contributed by atoms with Crippen LogP contribution in [0.15, 0.2) is 56.8 Å². The van der Waals surface area contributed by atoms with Crippen LogP contribution in [0.3, 0.4) is 0 Å². The summed E-state index contributed by atoms with van der Waals surface area (Å²) in [6, 6.07) is 6.84. The molecule has 2 aromatic rings. The molecule has 252 valence electrons. The highest BCUT2D eigenvalue weighted by atomic mass is 32.2. The number of benzene rings is 3. The Labute approximate surface area is 271 Å². The molecule has 0 atom stereocenters. The van der Waals surface area contributed by atoms with Gasteiger partial charge in [-0.15, -0.1) is 0 Å². The first-order valence-corrected chi connectivity index (χ1v) is 16.8. The van der Waals surface area contributed by atoms with E-state index in [9.17, 15) is 55.8 Å². The van der Waals surface area contributed by atoms with E-state index in [1.807, 2.05) is 0 Å². The molecular formula is C30H26N2O14S2.